The standard InChI is InChI=1S/C9H7.C8H6N.C2H7Si.2CH3.2ClH.Zr/c1-2-5-9-7-3-6-8(9)4-1;1-2-4-8-7(3-1)5-6-9-8;1-3-2;;;;;/h1-7H;1-5,9H;3H,1-2H3;2*1H3;2*1H;. The van der Waals surface area contributed by atoms with E-state index in [-0.39, 0.29) is 24.8 Å². The first-order chi connectivity index (χ1) is 11.4. The number of aromatic amines is 1. The van der Waals surface area contributed by atoms with Gasteiger partial charge in [0.15, 0.2) is 0 Å². The molecule has 0 radical (unpaired) electrons. The van der Waals surface area contributed by atoms with Gasteiger partial charge in [-0.25, -0.2) is 0 Å². The van der Waals surface area contributed by atoms with Crippen LogP contribution in [0.2, 0.25) is 22.4 Å². The van der Waals surface area contributed by atoms with E-state index >= 15 is 0 Å². The Labute approximate surface area is 170 Å². The van der Waals surface area contributed by atoms with E-state index in [1.807, 2.05) is 0 Å². The number of halogens is 2. The van der Waals surface area contributed by atoms with Crippen molar-refractivity contribution in [1.29, 1.82) is 0 Å². The van der Waals surface area contributed by atoms with Crippen LogP contribution in [0.4, 0.5) is 0 Å². The molecule has 0 spiro atoms. The number of hydrogen-bond donors (Lipinski definition) is 1. The van der Waals surface area contributed by atoms with Gasteiger partial charge < -0.3 is 0 Å². The summed E-state index contributed by atoms with van der Waals surface area (Å²) in [6.45, 7) is 5.15. The van der Waals surface area contributed by atoms with Gasteiger partial charge >= 0.3 is 147 Å². The Kier molecular flexibility index (Phi) is 6.20. The number of fused-ring (bicyclic) bond motifs is 2. The van der Waals surface area contributed by atoms with Crippen LogP contribution in [0, 0.1) is 0 Å². The van der Waals surface area contributed by atoms with Gasteiger partial charge in [0, 0.05) is 0 Å². The van der Waals surface area contributed by atoms with Crippen LogP contribution in [0.25, 0.3) is 17.0 Å². The minimum Gasteiger partial charge on any atom is -0.147 e. The molecule has 1 aliphatic carbocycles. The Morgan fingerprint density at radius 3 is 2.27 bits per heavy atom. The molecule has 139 valence electrons. The van der Waals surface area contributed by atoms with Crippen LogP contribution in [-0.2, 0) is 17.9 Å². The van der Waals surface area contributed by atoms with E-state index in [1.54, 1.807) is 8.97 Å². The fourth-order valence-corrected chi connectivity index (χ4v) is 26.5. The van der Waals surface area contributed by atoms with Gasteiger partial charge in [-0.05, 0) is 0 Å². The van der Waals surface area contributed by atoms with E-state index in [0.29, 0.717) is 3.63 Å². The molecule has 4 rings (SSSR count). The molecule has 0 aliphatic heterocycles. The van der Waals surface area contributed by atoms with E-state index in [1.165, 1.54) is 16.5 Å². The zero-order valence-electron chi connectivity index (χ0n) is 15.8. The molecule has 2 aromatic carbocycles. The van der Waals surface area contributed by atoms with Gasteiger partial charge in [-0.3, -0.25) is 0 Å². The summed E-state index contributed by atoms with van der Waals surface area (Å²) in [7, 11) is 0. The van der Waals surface area contributed by atoms with Crippen molar-refractivity contribution in [3.05, 3.63) is 71.8 Å². The molecule has 0 saturated heterocycles. The fraction of sp³-hybridized carbons (Fsp3) is 0.238. The van der Waals surface area contributed by atoms with Gasteiger partial charge in [0.25, 0.3) is 0 Å². The molecule has 5 heteroatoms. The van der Waals surface area contributed by atoms with Crippen LogP contribution in [-0.4, -0.2) is 10.9 Å². The van der Waals surface area contributed by atoms with Crippen molar-refractivity contribution < 1.29 is 17.9 Å². The van der Waals surface area contributed by atoms with E-state index in [2.05, 4.69) is 94.1 Å². The summed E-state index contributed by atoms with van der Waals surface area (Å²) >= 11 is -3.21. The van der Waals surface area contributed by atoms with Crippen LogP contribution in [0.1, 0.15) is 14.8 Å². The van der Waals surface area contributed by atoms with Crippen molar-refractivity contribution in [3.63, 3.8) is 0 Å². The average molecular weight is 485 g/mol. The van der Waals surface area contributed by atoms with E-state index < -0.39 is 23.9 Å². The fourth-order valence-electron chi connectivity index (χ4n) is 4.36. The Morgan fingerprint density at radius 1 is 0.923 bits per heavy atom. The number of H-pyrrole nitrogens is 1. The Balaban J connectivity index is 0.00000121. The zero-order valence-corrected chi connectivity index (χ0v) is 21.1. The molecule has 1 aromatic heterocycles. The Hall–Kier alpha value is -0.600. The second kappa shape index (κ2) is 7.43. The summed E-state index contributed by atoms with van der Waals surface area (Å²) in [6.07, 6.45) is 4.88. The number of allylic oxidation sites excluding steroid dienone is 1. The molecule has 1 nitrogen and oxygen atoms in total. The smallest absolute Gasteiger partial charge is 0.147 e. The molecule has 3 aromatic rings. The van der Waals surface area contributed by atoms with Gasteiger partial charge in [-0.15, -0.1) is 24.8 Å². The molecule has 0 saturated carbocycles. The van der Waals surface area contributed by atoms with Crippen molar-refractivity contribution in [3.8, 4) is 0 Å². The maximum Gasteiger partial charge on any atom is -0.147 e. The van der Waals surface area contributed by atoms with Crippen LogP contribution in [0.3, 0.4) is 0 Å². The van der Waals surface area contributed by atoms with Crippen molar-refractivity contribution >= 4 is 51.1 Å². The minimum atomic E-state index is -3.21. The molecular weight excluding hydrogens is 456 g/mol. The van der Waals surface area contributed by atoms with Gasteiger partial charge in [0.2, 0.25) is 0 Å². The summed E-state index contributed by atoms with van der Waals surface area (Å²) in [6, 6.07) is 20.2. The zero-order chi connectivity index (χ0) is 17.0. The Bertz CT molecular complexity index is 928. The quantitative estimate of drug-likeness (QED) is 0.428. The maximum atomic E-state index is 3.86. The first-order valence-electron chi connectivity index (χ1n) is 8.96. The molecular formula is C21H28Cl2NSiZr. The molecule has 1 unspecified atom stereocenters. The van der Waals surface area contributed by atoms with Gasteiger partial charge in [0.05, 0.1) is 0 Å². The van der Waals surface area contributed by atoms with Gasteiger partial charge in [-0.2, -0.15) is 0 Å². The second-order valence-electron chi connectivity index (χ2n) is 8.50. The predicted molar refractivity (Wildman–Crippen MR) is 121 cm³/mol. The number of hydrogen-bond acceptors (Lipinski definition) is 0. The number of rotatable bonds is 3. The van der Waals surface area contributed by atoms with Crippen LogP contribution in [0.15, 0.2) is 60.7 Å². The second-order valence-corrected chi connectivity index (χ2v) is 45.5. The third-order valence-electron chi connectivity index (χ3n) is 6.91. The first kappa shape index (κ1) is 21.7. The van der Waals surface area contributed by atoms with E-state index in [9.17, 15) is 0 Å². The molecule has 26 heavy (non-hydrogen) atoms. The molecule has 0 bridgehead atoms. The van der Waals surface area contributed by atoms with Crippen LogP contribution >= 0.6 is 24.8 Å². The summed E-state index contributed by atoms with van der Waals surface area (Å²) in [5.41, 5.74) is 4.28. The van der Waals surface area contributed by atoms with E-state index in [0.717, 1.165) is 0 Å². The van der Waals surface area contributed by atoms with Crippen molar-refractivity contribution in [2.24, 2.45) is 0 Å². The number of benzene rings is 2. The molecule has 1 aliphatic rings. The Morgan fingerprint density at radius 2 is 1.58 bits per heavy atom. The summed E-state index contributed by atoms with van der Waals surface area (Å²) in [5.74, 6) is -0.884. The SMILES string of the molecule is C[SiH](C)[Zr]([CH3])([CH3])([c]1cc2ccccc2[nH]1)[CH]1C=Cc2ccccc21.Cl.Cl. The molecule has 1 atom stereocenters. The third kappa shape index (κ3) is 3.02. The van der Waals surface area contributed by atoms with Crippen LogP contribution < -0.4 is 3.40 Å². The normalized spacial score (nSPS) is 17.3. The van der Waals surface area contributed by atoms with Crippen LogP contribution in [0.5, 0.6) is 0 Å². The number of nitrogens with one attached hydrogen (secondary N) is 1. The summed E-state index contributed by atoms with van der Waals surface area (Å²) < 4.78 is 7.60. The largest absolute Gasteiger partial charge is 0.147 e. The molecule has 0 fully saturated rings. The van der Waals surface area contributed by atoms with Gasteiger partial charge in [-0.1, -0.05) is 0 Å². The van der Waals surface area contributed by atoms with Gasteiger partial charge in [0.1, 0.15) is 0 Å². The summed E-state index contributed by atoms with van der Waals surface area (Å²) in [4.78, 5) is 3.86. The minimum absolute atomic E-state index is 0. The van der Waals surface area contributed by atoms with Crippen molar-refractivity contribution in [2.45, 2.75) is 26.0 Å². The van der Waals surface area contributed by atoms with Crippen molar-refractivity contribution in [2.75, 3.05) is 0 Å². The van der Waals surface area contributed by atoms with E-state index in [4.69, 9.17) is 0 Å². The monoisotopic (exact) mass is 482 g/mol. The molecule has 1 heterocycles. The maximum absolute atomic E-state index is 3.86. The average Bonchev–Trinajstić information content (AvgIpc) is 3.19. The molecule has 1 N–H and O–H groups in total. The number of aromatic nitrogens is 1. The summed E-state index contributed by atoms with van der Waals surface area (Å²) in [5, 5.41) is 1.36. The topological polar surface area (TPSA) is 15.8 Å². The molecule has 0 amide bonds. The van der Waals surface area contributed by atoms with Crippen molar-refractivity contribution in [1.82, 2.24) is 4.98 Å². The predicted octanol–water partition coefficient (Wildman–Crippen LogP) is 6.17. The number of para-hydroxylation sites is 1. The first-order valence-corrected chi connectivity index (χ1v) is 23.7. The third-order valence-corrected chi connectivity index (χ3v) is 51.4.